The van der Waals surface area contributed by atoms with Crippen LogP contribution in [-0.4, -0.2) is 21.9 Å². The van der Waals surface area contributed by atoms with Gasteiger partial charge in [-0.3, -0.25) is 9.98 Å². The molecule has 0 radical (unpaired) electrons. The molecule has 2 rings (SSSR count). The quantitative estimate of drug-likeness (QED) is 0.801. The molecule has 3 nitrogen and oxygen atoms in total. The van der Waals surface area contributed by atoms with E-state index in [0.29, 0.717) is 5.25 Å². The number of rotatable bonds is 2. The molecule has 1 aliphatic rings. The van der Waals surface area contributed by atoms with Gasteiger partial charge in [0.05, 0.1) is 18.8 Å². The molecule has 1 N–H and O–H groups in total. The summed E-state index contributed by atoms with van der Waals surface area (Å²) in [4.78, 5) is 8.60. The van der Waals surface area contributed by atoms with E-state index in [1.807, 2.05) is 24.4 Å². The topological polar surface area (TPSA) is 37.3 Å². The molecule has 1 aromatic rings. The second-order valence-corrected chi connectivity index (χ2v) is 4.68. The molecule has 0 aromatic carbocycles. The van der Waals surface area contributed by atoms with Gasteiger partial charge in [0.25, 0.3) is 0 Å². The molecule has 4 heteroatoms. The van der Waals surface area contributed by atoms with Crippen LogP contribution in [0.5, 0.6) is 0 Å². The molecule has 0 saturated heterocycles. The summed E-state index contributed by atoms with van der Waals surface area (Å²) in [6, 6.07) is 5.93. The Balaban J connectivity index is 1.84. The minimum Gasteiger partial charge on any atom is -0.359 e. The molecule has 74 valence electrons. The Morgan fingerprint density at radius 2 is 2.50 bits per heavy atom. The number of nitrogens with zero attached hydrogens (tertiary/aromatic N) is 2. The van der Waals surface area contributed by atoms with Gasteiger partial charge in [-0.05, 0) is 12.1 Å². The van der Waals surface area contributed by atoms with E-state index in [-0.39, 0.29) is 0 Å². The molecule has 0 aliphatic carbocycles. The fourth-order valence-corrected chi connectivity index (χ4v) is 2.08. The standard InChI is InChI=1S/C10H13N3S/c1-8-6-12-10(14-8)13-7-9-4-2-3-5-11-9/h2-5,8H,6-7H2,1H3,(H,12,13)/t8-/m1/s1. The summed E-state index contributed by atoms with van der Waals surface area (Å²) in [5, 5.41) is 4.94. The molecule has 0 amide bonds. The van der Waals surface area contributed by atoms with E-state index in [0.717, 1.165) is 24.0 Å². The lowest BCUT2D eigenvalue weighted by Gasteiger charge is -2.04. The van der Waals surface area contributed by atoms with Crippen LogP contribution in [0.2, 0.25) is 0 Å². The Hall–Kier alpha value is -1.03. The van der Waals surface area contributed by atoms with Crippen molar-refractivity contribution in [3.05, 3.63) is 30.1 Å². The van der Waals surface area contributed by atoms with Crippen LogP contribution in [-0.2, 0) is 6.54 Å². The van der Waals surface area contributed by atoms with Gasteiger partial charge < -0.3 is 5.32 Å². The van der Waals surface area contributed by atoms with Gasteiger partial charge in [0.15, 0.2) is 5.17 Å². The predicted octanol–water partition coefficient (Wildman–Crippen LogP) is 1.66. The van der Waals surface area contributed by atoms with Gasteiger partial charge in [-0.15, -0.1) is 0 Å². The Labute approximate surface area is 88.0 Å². The van der Waals surface area contributed by atoms with Gasteiger partial charge in [0.1, 0.15) is 0 Å². The van der Waals surface area contributed by atoms with E-state index in [4.69, 9.17) is 0 Å². The van der Waals surface area contributed by atoms with Gasteiger partial charge >= 0.3 is 0 Å². The summed E-state index contributed by atoms with van der Waals surface area (Å²) < 4.78 is 0. The van der Waals surface area contributed by atoms with E-state index in [1.165, 1.54) is 0 Å². The smallest absolute Gasteiger partial charge is 0.157 e. The first-order chi connectivity index (χ1) is 6.84. The maximum atomic E-state index is 4.37. The van der Waals surface area contributed by atoms with Crippen molar-refractivity contribution in [2.45, 2.75) is 18.7 Å². The molecule has 14 heavy (non-hydrogen) atoms. The molecule has 0 unspecified atom stereocenters. The van der Waals surface area contributed by atoms with Crippen LogP contribution in [0.15, 0.2) is 29.4 Å². The molecule has 1 aromatic heterocycles. The zero-order valence-electron chi connectivity index (χ0n) is 8.10. The van der Waals surface area contributed by atoms with Crippen molar-refractivity contribution in [3.8, 4) is 0 Å². The summed E-state index contributed by atoms with van der Waals surface area (Å²) in [6.45, 7) is 3.87. The third-order valence-electron chi connectivity index (χ3n) is 1.95. The third-order valence-corrected chi connectivity index (χ3v) is 3.00. The van der Waals surface area contributed by atoms with Gasteiger partial charge in [0.2, 0.25) is 0 Å². The summed E-state index contributed by atoms with van der Waals surface area (Å²) in [6.07, 6.45) is 1.81. The predicted molar refractivity (Wildman–Crippen MR) is 60.4 cm³/mol. The molecule has 0 saturated carbocycles. The highest BCUT2D eigenvalue weighted by molar-refractivity contribution is 8.14. The zero-order valence-corrected chi connectivity index (χ0v) is 8.92. The van der Waals surface area contributed by atoms with Crippen molar-refractivity contribution in [1.82, 2.24) is 10.3 Å². The zero-order chi connectivity index (χ0) is 9.80. The maximum Gasteiger partial charge on any atom is 0.157 e. The number of nitrogens with one attached hydrogen (secondary N) is 1. The summed E-state index contributed by atoms with van der Waals surface area (Å²) >= 11 is 1.80. The Kier molecular flexibility index (Phi) is 3.03. The SMILES string of the molecule is C[C@@H]1CN=C(NCc2ccccn2)S1. The van der Waals surface area contributed by atoms with Crippen molar-refractivity contribution >= 4 is 16.9 Å². The highest BCUT2D eigenvalue weighted by Gasteiger charge is 2.13. The van der Waals surface area contributed by atoms with Crippen LogP contribution in [0.25, 0.3) is 0 Å². The molecular formula is C10H13N3S. The van der Waals surface area contributed by atoms with Crippen LogP contribution < -0.4 is 5.32 Å². The second kappa shape index (κ2) is 4.46. The van der Waals surface area contributed by atoms with Gasteiger partial charge in [-0.1, -0.05) is 24.8 Å². The van der Waals surface area contributed by atoms with Crippen LogP contribution in [0, 0.1) is 0 Å². The summed E-state index contributed by atoms with van der Waals surface area (Å²) in [5.41, 5.74) is 1.05. The monoisotopic (exact) mass is 207 g/mol. The second-order valence-electron chi connectivity index (χ2n) is 3.25. The molecule has 0 spiro atoms. The number of hydrogen-bond acceptors (Lipinski definition) is 4. The highest BCUT2D eigenvalue weighted by atomic mass is 32.2. The van der Waals surface area contributed by atoms with Crippen molar-refractivity contribution in [2.75, 3.05) is 6.54 Å². The van der Waals surface area contributed by atoms with Crippen LogP contribution in [0.3, 0.4) is 0 Å². The molecule has 0 fully saturated rings. The first-order valence-corrected chi connectivity index (χ1v) is 5.57. The van der Waals surface area contributed by atoms with Crippen molar-refractivity contribution in [2.24, 2.45) is 4.99 Å². The first-order valence-electron chi connectivity index (χ1n) is 4.69. The number of amidine groups is 1. The first kappa shape index (κ1) is 9.52. The van der Waals surface area contributed by atoms with E-state index in [1.54, 1.807) is 11.8 Å². The fraction of sp³-hybridized carbons (Fsp3) is 0.400. The minimum absolute atomic E-state index is 0.612. The molecule has 1 aliphatic heterocycles. The Bertz CT molecular complexity index is 323. The fourth-order valence-electron chi connectivity index (χ4n) is 1.24. The average molecular weight is 207 g/mol. The molecule has 1 atom stereocenters. The highest BCUT2D eigenvalue weighted by Crippen LogP contribution is 2.18. The van der Waals surface area contributed by atoms with Crippen LogP contribution >= 0.6 is 11.8 Å². The van der Waals surface area contributed by atoms with E-state index >= 15 is 0 Å². The number of thioether (sulfide) groups is 1. The molecule has 0 bridgehead atoms. The van der Waals surface area contributed by atoms with Gasteiger partial charge in [0, 0.05) is 11.4 Å². The third kappa shape index (κ3) is 2.48. The lowest BCUT2D eigenvalue weighted by Crippen LogP contribution is -2.19. The lowest BCUT2D eigenvalue weighted by molar-refractivity contribution is 0.877. The minimum atomic E-state index is 0.612. The van der Waals surface area contributed by atoms with Crippen molar-refractivity contribution < 1.29 is 0 Å². The molecule has 2 heterocycles. The average Bonchev–Trinajstić information content (AvgIpc) is 2.63. The molecular weight excluding hydrogens is 194 g/mol. The number of pyridine rings is 1. The van der Waals surface area contributed by atoms with Crippen molar-refractivity contribution in [1.29, 1.82) is 0 Å². The number of aliphatic imine (C=N–C) groups is 1. The Morgan fingerprint density at radius 3 is 3.14 bits per heavy atom. The number of aromatic nitrogens is 1. The summed E-state index contributed by atoms with van der Waals surface area (Å²) in [7, 11) is 0. The van der Waals surface area contributed by atoms with E-state index < -0.39 is 0 Å². The largest absolute Gasteiger partial charge is 0.359 e. The van der Waals surface area contributed by atoms with Crippen LogP contribution in [0.1, 0.15) is 12.6 Å². The van der Waals surface area contributed by atoms with Gasteiger partial charge in [-0.2, -0.15) is 0 Å². The maximum absolute atomic E-state index is 4.37. The van der Waals surface area contributed by atoms with Crippen molar-refractivity contribution in [3.63, 3.8) is 0 Å². The summed E-state index contributed by atoms with van der Waals surface area (Å²) in [5.74, 6) is 0. The van der Waals surface area contributed by atoms with E-state index in [9.17, 15) is 0 Å². The van der Waals surface area contributed by atoms with Gasteiger partial charge in [-0.25, -0.2) is 0 Å². The Morgan fingerprint density at radius 1 is 1.57 bits per heavy atom. The lowest BCUT2D eigenvalue weighted by atomic mass is 10.3. The normalized spacial score (nSPS) is 20.6. The van der Waals surface area contributed by atoms with Crippen LogP contribution in [0.4, 0.5) is 0 Å². The number of hydrogen-bond donors (Lipinski definition) is 1. The van der Waals surface area contributed by atoms with E-state index in [2.05, 4.69) is 22.2 Å².